The van der Waals surface area contributed by atoms with Crippen LogP contribution in [-0.4, -0.2) is 35.5 Å². The molecule has 1 heterocycles. The number of halogens is 1. The molecule has 3 rings (SSSR count). The molecule has 0 aliphatic heterocycles. The van der Waals surface area contributed by atoms with E-state index < -0.39 is 0 Å². The molecule has 1 aromatic carbocycles. The Balaban J connectivity index is 1.50. The Labute approximate surface area is 139 Å². The highest BCUT2D eigenvalue weighted by Gasteiger charge is 2.40. The number of nitrogens with zero attached hydrogens (tertiary/aromatic N) is 2. The highest BCUT2D eigenvalue weighted by Crippen LogP contribution is 2.41. The summed E-state index contributed by atoms with van der Waals surface area (Å²) < 4.78 is 13.3. The van der Waals surface area contributed by atoms with Crippen molar-refractivity contribution in [3.8, 4) is 0 Å². The minimum Gasteiger partial charge on any atom is -0.335 e. The second kappa shape index (κ2) is 6.66. The molecule has 0 bridgehead atoms. The fourth-order valence-corrected chi connectivity index (χ4v) is 3.47. The minimum absolute atomic E-state index is 0.0858. The summed E-state index contributed by atoms with van der Waals surface area (Å²) in [6, 6.07) is 6.62. The zero-order valence-corrected chi connectivity index (χ0v) is 14.0. The van der Waals surface area contributed by atoms with Crippen molar-refractivity contribution in [3.63, 3.8) is 0 Å². The number of rotatable bonds is 5. The molecule has 23 heavy (non-hydrogen) atoms. The lowest BCUT2D eigenvalue weighted by molar-refractivity contribution is 0.206. The maximum absolute atomic E-state index is 13.3. The van der Waals surface area contributed by atoms with Gasteiger partial charge in [0, 0.05) is 43.0 Å². The molecule has 1 aliphatic rings. The molecule has 2 amide bonds. The predicted molar refractivity (Wildman–Crippen MR) is 89.2 cm³/mol. The molecule has 1 aliphatic carbocycles. The van der Waals surface area contributed by atoms with Crippen LogP contribution in [-0.2, 0) is 0 Å². The Bertz CT molecular complexity index is 676. The SMILES string of the molecule is C[C@H](CN(C)C(=O)N[C@@H]1C[C@H]1c1cccc(F)c1)c1nccs1. The fraction of sp³-hybridized carbons (Fsp3) is 0.412. The second-order valence-electron chi connectivity index (χ2n) is 6.11. The van der Waals surface area contributed by atoms with Crippen LogP contribution in [0.3, 0.4) is 0 Å². The molecule has 0 unspecified atom stereocenters. The minimum atomic E-state index is -0.228. The van der Waals surface area contributed by atoms with Gasteiger partial charge in [0.25, 0.3) is 0 Å². The first-order chi connectivity index (χ1) is 11.0. The van der Waals surface area contributed by atoms with Crippen LogP contribution >= 0.6 is 11.3 Å². The number of nitrogens with one attached hydrogen (secondary N) is 1. The molecule has 0 spiro atoms. The van der Waals surface area contributed by atoms with Crippen LogP contribution in [0.2, 0.25) is 0 Å². The summed E-state index contributed by atoms with van der Waals surface area (Å²) in [6.07, 6.45) is 2.65. The number of urea groups is 1. The molecule has 1 saturated carbocycles. The van der Waals surface area contributed by atoms with Gasteiger partial charge in [-0.05, 0) is 24.1 Å². The zero-order chi connectivity index (χ0) is 16.4. The van der Waals surface area contributed by atoms with E-state index in [4.69, 9.17) is 0 Å². The number of amides is 2. The van der Waals surface area contributed by atoms with Crippen LogP contribution in [0.25, 0.3) is 0 Å². The fourth-order valence-electron chi connectivity index (χ4n) is 2.78. The van der Waals surface area contributed by atoms with E-state index in [0.29, 0.717) is 6.54 Å². The number of carbonyl (C=O) groups is 1. The van der Waals surface area contributed by atoms with Crippen LogP contribution in [0.5, 0.6) is 0 Å². The molecule has 6 heteroatoms. The summed E-state index contributed by atoms with van der Waals surface area (Å²) in [7, 11) is 1.79. The summed E-state index contributed by atoms with van der Waals surface area (Å²) in [5.74, 6) is 0.206. The number of thiazole rings is 1. The lowest BCUT2D eigenvalue weighted by atomic mass is 10.1. The monoisotopic (exact) mass is 333 g/mol. The van der Waals surface area contributed by atoms with Gasteiger partial charge in [0.05, 0.1) is 5.01 Å². The van der Waals surface area contributed by atoms with Gasteiger partial charge in [-0.25, -0.2) is 14.2 Å². The van der Waals surface area contributed by atoms with E-state index in [1.165, 1.54) is 6.07 Å². The van der Waals surface area contributed by atoms with Gasteiger partial charge in [-0.3, -0.25) is 0 Å². The van der Waals surface area contributed by atoms with E-state index in [0.717, 1.165) is 17.0 Å². The smallest absolute Gasteiger partial charge is 0.317 e. The number of hydrogen-bond donors (Lipinski definition) is 1. The number of carbonyl (C=O) groups excluding carboxylic acids is 1. The van der Waals surface area contributed by atoms with Crippen molar-refractivity contribution in [1.82, 2.24) is 15.2 Å². The van der Waals surface area contributed by atoms with E-state index in [9.17, 15) is 9.18 Å². The molecular formula is C17H20FN3OS. The van der Waals surface area contributed by atoms with Gasteiger partial charge in [-0.1, -0.05) is 19.1 Å². The van der Waals surface area contributed by atoms with Gasteiger partial charge in [-0.15, -0.1) is 11.3 Å². The van der Waals surface area contributed by atoms with E-state index in [2.05, 4.69) is 17.2 Å². The van der Waals surface area contributed by atoms with Gasteiger partial charge >= 0.3 is 6.03 Å². The normalized spacial score (nSPS) is 20.8. The van der Waals surface area contributed by atoms with Crippen LogP contribution in [0.4, 0.5) is 9.18 Å². The van der Waals surface area contributed by atoms with Crippen molar-refractivity contribution in [2.24, 2.45) is 0 Å². The van der Waals surface area contributed by atoms with E-state index in [1.807, 2.05) is 11.4 Å². The Morgan fingerprint density at radius 3 is 3.09 bits per heavy atom. The van der Waals surface area contributed by atoms with Crippen LogP contribution < -0.4 is 5.32 Å². The van der Waals surface area contributed by atoms with Gasteiger partial charge < -0.3 is 10.2 Å². The topological polar surface area (TPSA) is 45.2 Å². The second-order valence-corrected chi connectivity index (χ2v) is 7.03. The molecule has 0 saturated heterocycles. The van der Waals surface area contributed by atoms with Crippen molar-refractivity contribution in [2.75, 3.05) is 13.6 Å². The number of hydrogen-bond acceptors (Lipinski definition) is 3. The van der Waals surface area contributed by atoms with Crippen molar-refractivity contribution in [3.05, 3.63) is 52.2 Å². The Morgan fingerprint density at radius 1 is 1.57 bits per heavy atom. The van der Waals surface area contributed by atoms with Gasteiger partial charge in [0.1, 0.15) is 5.82 Å². The molecule has 3 atom stereocenters. The standard InChI is InChI=1S/C17H20FN3OS/c1-11(16-19-6-7-23-16)10-21(2)17(22)20-15-9-14(15)12-4-3-5-13(18)8-12/h3-8,11,14-15H,9-10H2,1-2H3,(H,20,22)/t11-,14+,15-/m1/s1. The summed E-state index contributed by atoms with van der Waals surface area (Å²) in [5, 5.41) is 6.00. The first-order valence-corrected chi connectivity index (χ1v) is 8.59. The van der Waals surface area contributed by atoms with Crippen molar-refractivity contribution < 1.29 is 9.18 Å². The van der Waals surface area contributed by atoms with E-state index >= 15 is 0 Å². The molecule has 1 aromatic heterocycles. The van der Waals surface area contributed by atoms with Crippen LogP contribution in [0.1, 0.15) is 35.8 Å². The average Bonchev–Trinajstić information content (AvgIpc) is 3.07. The van der Waals surface area contributed by atoms with Crippen molar-refractivity contribution >= 4 is 17.4 Å². The van der Waals surface area contributed by atoms with E-state index in [1.54, 1.807) is 41.6 Å². The van der Waals surface area contributed by atoms with Gasteiger partial charge in [-0.2, -0.15) is 0 Å². The maximum Gasteiger partial charge on any atom is 0.317 e. The zero-order valence-electron chi connectivity index (χ0n) is 13.2. The summed E-state index contributed by atoms with van der Waals surface area (Å²) in [6.45, 7) is 2.69. The van der Waals surface area contributed by atoms with Crippen LogP contribution in [0.15, 0.2) is 35.8 Å². The maximum atomic E-state index is 13.3. The Kier molecular flexibility index (Phi) is 4.61. The summed E-state index contributed by atoms with van der Waals surface area (Å²) >= 11 is 1.60. The largest absolute Gasteiger partial charge is 0.335 e. The molecule has 1 fully saturated rings. The third kappa shape index (κ3) is 3.88. The van der Waals surface area contributed by atoms with Crippen molar-refractivity contribution in [2.45, 2.75) is 31.2 Å². The third-order valence-electron chi connectivity index (χ3n) is 4.14. The molecule has 0 radical (unpaired) electrons. The van der Waals surface area contributed by atoms with Gasteiger partial charge in [0.2, 0.25) is 0 Å². The number of likely N-dealkylation sites (N-methyl/N-ethyl adjacent to an activating group) is 1. The number of benzene rings is 1. The Hall–Kier alpha value is -1.95. The van der Waals surface area contributed by atoms with E-state index in [-0.39, 0.29) is 29.7 Å². The van der Waals surface area contributed by atoms with Crippen molar-refractivity contribution in [1.29, 1.82) is 0 Å². The predicted octanol–water partition coefficient (Wildman–Crippen LogP) is 3.58. The highest BCUT2D eigenvalue weighted by atomic mass is 32.1. The van der Waals surface area contributed by atoms with Crippen LogP contribution in [0, 0.1) is 5.82 Å². The summed E-state index contributed by atoms with van der Waals surface area (Å²) in [4.78, 5) is 18.2. The molecular weight excluding hydrogens is 313 g/mol. The Morgan fingerprint density at radius 2 is 2.39 bits per heavy atom. The quantitative estimate of drug-likeness (QED) is 0.909. The summed E-state index contributed by atoms with van der Waals surface area (Å²) in [5.41, 5.74) is 0.953. The first kappa shape index (κ1) is 15.9. The van der Waals surface area contributed by atoms with Gasteiger partial charge in [0.15, 0.2) is 0 Å². The molecule has 122 valence electrons. The lowest BCUT2D eigenvalue weighted by Crippen LogP contribution is -2.40. The average molecular weight is 333 g/mol. The molecule has 2 aromatic rings. The third-order valence-corrected chi connectivity index (χ3v) is 5.15. The number of aromatic nitrogens is 1. The lowest BCUT2D eigenvalue weighted by Gasteiger charge is -2.21. The first-order valence-electron chi connectivity index (χ1n) is 7.71. The highest BCUT2D eigenvalue weighted by molar-refractivity contribution is 7.09. The molecule has 4 nitrogen and oxygen atoms in total. The molecule has 1 N–H and O–H groups in total.